The number of carbonyl (C=O) groups is 1. The van der Waals surface area contributed by atoms with Gasteiger partial charge in [0.1, 0.15) is 12.6 Å². The molecule has 0 bridgehead atoms. The van der Waals surface area contributed by atoms with Crippen molar-refractivity contribution in [2.45, 2.75) is 31.5 Å². The molecule has 2 N–H and O–H groups in total. The number of esters is 1. The van der Waals surface area contributed by atoms with E-state index in [1.54, 1.807) is 18.2 Å². The predicted molar refractivity (Wildman–Crippen MR) is 84.6 cm³/mol. The average Bonchev–Trinajstić information content (AvgIpc) is 2.45. The van der Waals surface area contributed by atoms with Gasteiger partial charge in [0, 0.05) is 6.42 Å². The van der Waals surface area contributed by atoms with Crippen LogP contribution >= 0.6 is 11.8 Å². The van der Waals surface area contributed by atoms with Crippen LogP contribution in [0.4, 0.5) is 13.2 Å². The largest absolute Gasteiger partial charge is 0.460 e. The minimum absolute atomic E-state index is 0.0702. The lowest BCUT2D eigenvalue weighted by atomic mass is 10.2. The number of rotatable bonds is 11. The first-order valence-electron chi connectivity index (χ1n) is 6.81. The quantitative estimate of drug-likeness (QED) is 0.355. The van der Waals surface area contributed by atoms with E-state index in [2.05, 4.69) is 13.2 Å². The molecule has 0 radical (unpaired) electrons. The highest BCUT2D eigenvalue weighted by molar-refractivity contribution is 7.99. The van der Waals surface area contributed by atoms with Gasteiger partial charge in [0.25, 0.3) is 0 Å². The van der Waals surface area contributed by atoms with Crippen molar-refractivity contribution >= 4 is 17.7 Å². The highest BCUT2D eigenvalue weighted by Crippen LogP contribution is 2.22. The molecule has 0 rings (SSSR count). The Labute approximate surface area is 133 Å². The Hall–Kier alpha value is -1.21. The fourth-order valence-electron chi connectivity index (χ4n) is 1.39. The molecule has 3 nitrogen and oxygen atoms in total. The number of hydrogen-bond acceptors (Lipinski definition) is 4. The molecule has 0 spiro atoms. The molecule has 0 aromatic rings. The summed E-state index contributed by atoms with van der Waals surface area (Å²) >= 11 is 1.35. The Kier molecular flexibility index (Phi) is 10.7. The van der Waals surface area contributed by atoms with Crippen LogP contribution in [0.5, 0.6) is 0 Å². The Bertz CT molecular complexity index is 395. The van der Waals surface area contributed by atoms with Crippen LogP contribution in [0.25, 0.3) is 0 Å². The third-order valence-corrected chi connectivity index (χ3v) is 3.70. The molecular formula is C15H22F3NO2S. The summed E-state index contributed by atoms with van der Waals surface area (Å²) in [5.41, 5.74) is 6.38. The van der Waals surface area contributed by atoms with E-state index in [9.17, 15) is 18.0 Å². The standard InChI is InChI=1S/C15H22F3NO2S/c1-3-6-12(4-2)11-21-14(20)13(19)7-10-22-9-5-8-15(16,17)18/h3-4,6,13H,1-2,5,7-11,19H2/b12-6+. The number of allylic oxidation sites excluding steroid dienone is 2. The van der Waals surface area contributed by atoms with Gasteiger partial charge < -0.3 is 10.5 Å². The fraction of sp³-hybridized carbons (Fsp3) is 0.533. The van der Waals surface area contributed by atoms with Gasteiger partial charge in [0.2, 0.25) is 0 Å². The molecule has 0 aromatic heterocycles. The predicted octanol–water partition coefficient (Wildman–Crippen LogP) is 3.62. The van der Waals surface area contributed by atoms with Crippen LogP contribution in [0.15, 0.2) is 37.0 Å². The Morgan fingerprint density at radius 3 is 2.55 bits per heavy atom. The van der Waals surface area contributed by atoms with Crippen LogP contribution < -0.4 is 5.73 Å². The van der Waals surface area contributed by atoms with Crippen molar-refractivity contribution < 1.29 is 22.7 Å². The molecule has 0 aliphatic heterocycles. The first-order chi connectivity index (χ1) is 10.3. The lowest BCUT2D eigenvalue weighted by molar-refractivity contribution is -0.144. The number of carbonyl (C=O) groups excluding carboxylic acids is 1. The first-order valence-corrected chi connectivity index (χ1v) is 7.96. The molecule has 0 fully saturated rings. The minimum Gasteiger partial charge on any atom is -0.460 e. The number of nitrogens with two attached hydrogens (primary N) is 1. The molecule has 1 atom stereocenters. The van der Waals surface area contributed by atoms with Crippen LogP contribution in [0.2, 0.25) is 0 Å². The van der Waals surface area contributed by atoms with Gasteiger partial charge in [-0.1, -0.05) is 31.4 Å². The summed E-state index contributed by atoms with van der Waals surface area (Å²) in [6, 6.07) is -0.773. The third kappa shape index (κ3) is 11.4. The van der Waals surface area contributed by atoms with Gasteiger partial charge in [-0.25, -0.2) is 0 Å². The topological polar surface area (TPSA) is 52.3 Å². The van der Waals surface area contributed by atoms with Gasteiger partial charge in [-0.15, -0.1) is 0 Å². The van der Waals surface area contributed by atoms with E-state index in [0.29, 0.717) is 23.5 Å². The smallest absolute Gasteiger partial charge is 0.389 e. The molecule has 0 saturated carbocycles. The Morgan fingerprint density at radius 2 is 2.00 bits per heavy atom. The van der Waals surface area contributed by atoms with Gasteiger partial charge in [-0.05, 0) is 29.9 Å². The minimum atomic E-state index is -4.11. The Morgan fingerprint density at radius 1 is 1.32 bits per heavy atom. The van der Waals surface area contributed by atoms with Crippen LogP contribution in [-0.2, 0) is 9.53 Å². The summed E-state index contributed by atoms with van der Waals surface area (Å²) in [5, 5.41) is 0. The number of ether oxygens (including phenoxy) is 1. The molecular weight excluding hydrogens is 315 g/mol. The van der Waals surface area contributed by atoms with Gasteiger partial charge >= 0.3 is 12.1 Å². The average molecular weight is 337 g/mol. The number of hydrogen-bond donors (Lipinski definition) is 1. The summed E-state index contributed by atoms with van der Waals surface area (Å²) in [5.74, 6) is 0.377. The second-order valence-corrected chi connectivity index (χ2v) is 5.74. The molecule has 126 valence electrons. The number of halogens is 3. The molecule has 0 amide bonds. The van der Waals surface area contributed by atoms with E-state index < -0.39 is 24.6 Å². The fourth-order valence-corrected chi connectivity index (χ4v) is 2.37. The zero-order valence-electron chi connectivity index (χ0n) is 12.4. The zero-order chi connectivity index (χ0) is 17.0. The lowest BCUT2D eigenvalue weighted by Crippen LogP contribution is -2.33. The monoisotopic (exact) mass is 337 g/mol. The third-order valence-electron chi connectivity index (χ3n) is 2.60. The van der Waals surface area contributed by atoms with Crippen LogP contribution in [-0.4, -0.2) is 36.3 Å². The van der Waals surface area contributed by atoms with Crippen molar-refractivity contribution in [3.8, 4) is 0 Å². The summed E-state index contributed by atoms with van der Waals surface area (Å²) < 4.78 is 40.8. The van der Waals surface area contributed by atoms with E-state index in [4.69, 9.17) is 10.5 Å². The molecule has 1 unspecified atom stereocenters. The molecule has 0 aliphatic rings. The summed E-state index contributed by atoms with van der Waals surface area (Å²) in [7, 11) is 0. The summed E-state index contributed by atoms with van der Waals surface area (Å²) in [4.78, 5) is 11.6. The van der Waals surface area contributed by atoms with Crippen molar-refractivity contribution in [1.82, 2.24) is 0 Å². The van der Waals surface area contributed by atoms with Crippen molar-refractivity contribution in [3.05, 3.63) is 37.0 Å². The van der Waals surface area contributed by atoms with E-state index >= 15 is 0 Å². The maximum Gasteiger partial charge on any atom is 0.389 e. The van der Waals surface area contributed by atoms with E-state index in [-0.39, 0.29) is 13.0 Å². The van der Waals surface area contributed by atoms with Crippen molar-refractivity contribution in [1.29, 1.82) is 0 Å². The van der Waals surface area contributed by atoms with Gasteiger partial charge in [0.05, 0.1) is 0 Å². The second kappa shape index (κ2) is 11.4. The van der Waals surface area contributed by atoms with Crippen molar-refractivity contribution in [2.24, 2.45) is 5.73 Å². The Balaban J connectivity index is 3.81. The molecule has 22 heavy (non-hydrogen) atoms. The van der Waals surface area contributed by atoms with E-state index in [1.807, 2.05) is 0 Å². The van der Waals surface area contributed by atoms with Crippen molar-refractivity contribution in [3.63, 3.8) is 0 Å². The highest BCUT2D eigenvalue weighted by Gasteiger charge is 2.25. The van der Waals surface area contributed by atoms with Crippen LogP contribution in [0, 0.1) is 0 Å². The second-order valence-electron chi connectivity index (χ2n) is 4.52. The van der Waals surface area contributed by atoms with Crippen LogP contribution in [0.3, 0.4) is 0 Å². The number of alkyl halides is 3. The molecule has 7 heteroatoms. The SMILES string of the molecule is C=C/C=C(\C=C)COC(=O)C(N)CCSCCCC(F)(F)F. The first kappa shape index (κ1) is 20.8. The normalized spacial score (nSPS) is 13.5. The zero-order valence-corrected chi connectivity index (χ0v) is 13.2. The van der Waals surface area contributed by atoms with Gasteiger partial charge in [-0.2, -0.15) is 24.9 Å². The maximum atomic E-state index is 11.9. The number of thioether (sulfide) groups is 1. The van der Waals surface area contributed by atoms with E-state index in [0.717, 1.165) is 0 Å². The lowest BCUT2D eigenvalue weighted by Gasteiger charge is -2.12. The van der Waals surface area contributed by atoms with E-state index in [1.165, 1.54) is 11.8 Å². The molecule has 0 aliphatic carbocycles. The van der Waals surface area contributed by atoms with Gasteiger partial charge in [-0.3, -0.25) is 4.79 Å². The highest BCUT2D eigenvalue weighted by atomic mass is 32.2. The molecule has 0 aromatic carbocycles. The summed E-state index contributed by atoms with van der Waals surface area (Å²) in [6.07, 6.45) is 0.325. The van der Waals surface area contributed by atoms with Gasteiger partial charge in [0.15, 0.2) is 0 Å². The van der Waals surface area contributed by atoms with Crippen LogP contribution in [0.1, 0.15) is 19.3 Å². The van der Waals surface area contributed by atoms with Crippen molar-refractivity contribution in [2.75, 3.05) is 18.1 Å². The maximum absolute atomic E-state index is 11.9. The molecule has 0 saturated heterocycles. The summed E-state index contributed by atoms with van der Waals surface area (Å²) in [6.45, 7) is 7.17. The molecule has 0 heterocycles.